The Balaban J connectivity index is 2.10. The molecule has 0 amide bonds. The van der Waals surface area contributed by atoms with Crippen LogP contribution in [0.1, 0.15) is 63.0 Å². The summed E-state index contributed by atoms with van der Waals surface area (Å²) in [5.41, 5.74) is 9.23. The molecule has 1 aliphatic rings. The van der Waals surface area contributed by atoms with Crippen LogP contribution < -0.4 is 10.5 Å². The van der Waals surface area contributed by atoms with Gasteiger partial charge in [-0.25, -0.2) is 0 Å². The van der Waals surface area contributed by atoms with Gasteiger partial charge in [-0.2, -0.15) is 5.26 Å². The highest BCUT2D eigenvalue weighted by molar-refractivity contribution is 5.94. The SMILES string of the molecule is CCCC(/C=C\C=C\c1cc(C=NC2CCC(CC#N)CC2)c(N)cc1OC)=N\O. The lowest BCUT2D eigenvalue weighted by atomic mass is 9.85. The zero-order chi connectivity index (χ0) is 21.8. The quantitative estimate of drug-likeness (QED) is 0.188. The lowest BCUT2D eigenvalue weighted by Gasteiger charge is -2.24. The standard InChI is InChI=1S/C24H32N4O2/c1-3-6-22(28-29)8-5-4-7-19-15-20(23(26)16-24(19)30-2)17-27-21-11-9-18(10-12-21)13-14-25/h4-5,7-8,15-18,21,29H,3,6,9-13,26H2,1-2H3/b7-4+,8-5-,27-17?,28-22+. The number of ether oxygens (including phenoxy) is 1. The molecule has 1 aromatic rings. The first-order valence-electron chi connectivity index (χ1n) is 10.5. The van der Waals surface area contributed by atoms with Crippen molar-refractivity contribution in [3.8, 4) is 11.8 Å². The Labute approximate surface area is 179 Å². The maximum Gasteiger partial charge on any atom is 0.128 e. The van der Waals surface area contributed by atoms with E-state index in [1.54, 1.807) is 13.2 Å². The van der Waals surface area contributed by atoms with Crippen LogP contribution in [0.2, 0.25) is 0 Å². The van der Waals surface area contributed by atoms with Gasteiger partial charge in [0.1, 0.15) is 5.75 Å². The Hall–Kier alpha value is -3.07. The van der Waals surface area contributed by atoms with E-state index in [0.717, 1.165) is 49.7 Å². The molecule has 3 N–H and O–H groups in total. The van der Waals surface area contributed by atoms with Crippen LogP contribution in [0, 0.1) is 17.2 Å². The van der Waals surface area contributed by atoms with Crippen molar-refractivity contribution in [1.29, 1.82) is 5.26 Å². The average Bonchev–Trinajstić information content (AvgIpc) is 2.76. The minimum absolute atomic E-state index is 0.290. The summed E-state index contributed by atoms with van der Waals surface area (Å²) in [6.07, 6.45) is 15.7. The minimum atomic E-state index is 0.290. The van der Waals surface area contributed by atoms with Crippen LogP contribution in [-0.4, -0.2) is 30.3 Å². The summed E-state index contributed by atoms with van der Waals surface area (Å²) in [5.74, 6) is 1.21. The molecule has 1 fully saturated rings. The van der Waals surface area contributed by atoms with E-state index in [1.165, 1.54) is 0 Å². The molecular formula is C24H32N4O2. The number of allylic oxidation sites excluding steroid dienone is 3. The van der Waals surface area contributed by atoms with Gasteiger partial charge in [-0.3, -0.25) is 4.99 Å². The second-order valence-electron chi connectivity index (χ2n) is 7.60. The van der Waals surface area contributed by atoms with E-state index in [-0.39, 0.29) is 6.04 Å². The second kappa shape index (κ2) is 12.5. The molecule has 6 heteroatoms. The number of nitriles is 1. The zero-order valence-electron chi connectivity index (χ0n) is 17.9. The van der Waals surface area contributed by atoms with Gasteiger partial charge < -0.3 is 15.7 Å². The van der Waals surface area contributed by atoms with Crippen LogP contribution in [0.25, 0.3) is 6.08 Å². The number of hydrogen-bond donors (Lipinski definition) is 2. The molecule has 0 spiro atoms. The predicted octanol–water partition coefficient (Wildman–Crippen LogP) is 5.37. The van der Waals surface area contributed by atoms with Crippen molar-refractivity contribution in [2.45, 2.75) is 57.9 Å². The molecule has 30 heavy (non-hydrogen) atoms. The smallest absolute Gasteiger partial charge is 0.128 e. The van der Waals surface area contributed by atoms with Crippen molar-refractivity contribution in [3.05, 3.63) is 41.5 Å². The van der Waals surface area contributed by atoms with E-state index < -0.39 is 0 Å². The summed E-state index contributed by atoms with van der Waals surface area (Å²) < 4.78 is 5.46. The van der Waals surface area contributed by atoms with Gasteiger partial charge in [0.15, 0.2) is 0 Å². The molecule has 0 saturated heterocycles. The van der Waals surface area contributed by atoms with E-state index in [0.29, 0.717) is 29.5 Å². The molecule has 0 bridgehead atoms. The largest absolute Gasteiger partial charge is 0.496 e. The summed E-state index contributed by atoms with van der Waals surface area (Å²) in [5, 5.41) is 21.1. The number of nitrogens with two attached hydrogens (primary N) is 1. The van der Waals surface area contributed by atoms with Crippen molar-refractivity contribution in [2.24, 2.45) is 16.1 Å². The first-order chi connectivity index (χ1) is 14.6. The Morgan fingerprint density at radius 3 is 2.67 bits per heavy atom. The first-order valence-corrected chi connectivity index (χ1v) is 10.5. The molecule has 6 nitrogen and oxygen atoms in total. The fourth-order valence-corrected chi connectivity index (χ4v) is 3.61. The van der Waals surface area contributed by atoms with Gasteiger partial charge in [0.05, 0.1) is 18.9 Å². The number of nitrogen functional groups attached to an aromatic ring is 1. The summed E-state index contributed by atoms with van der Waals surface area (Å²) in [6, 6.07) is 6.34. The lowest BCUT2D eigenvalue weighted by molar-refractivity contribution is 0.318. The Bertz CT molecular complexity index is 841. The Kier molecular flexibility index (Phi) is 9.66. The van der Waals surface area contributed by atoms with Gasteiger partial charge in [-0.1, -0.05) is 36.7 Å². The number of nitrogens with zero attached hydrogens (tertiary/aromatic N) is 3. The number of oxime groups is 1. The lowest BCUT2D eigenvalue weighted by Crippen LogP contribution is -2.17. The highest BCUT2D eigenvalue weighted by Gasteiger charge is 2.20. The molecule has 1 saturated carbocycles. The van der Waals surface area contributed by atoms with Gasteiger partial charge in [-0.05, 0) is 50.2 Å². The molecule has 1 aliphatic carbocycles. The van der Waals surface area contributed by atoms with Gasteiger partial charge >= 0.3 is 0 Å². The summed E-state index contributed by atoms with van der Waals surface area (Å²) in [7, 11) is 1.62. The highest BCUT2D eigenvalue weighted by Crippen LogP contribution is 2.29. The van der Waals surface area contributed by atoms with Gasteiger partial charge in [-0.15, -0.1) is 0 Å². The van der Waals surface area contributed by atoms with Crippen LogP contribution in [0.3, 0.4) is 0 Å². The zero-order valence-corrected chi connectivity index (χ0v) is 17.9. The van der Waals surface area contributed by atoms with E-state index in [2.05, 4.69) is 11.2 Å². The highest BCUT2D eigenvalue weighted by atomic mass is 16.5. The number of hydrogen-bond acceptors (Lipinski definition) is 6. The van der Waals surface area contributed by atoms with Crippen LogP contribution >= 0.6 is 0 Å². The van der Waals surface area contributed by atoms with E-state index in [9.17, 15) is 0 Å². The third-order valence-corrected chi connectivity index (χ3v) is 5.37. The molecule has 2 rings (SSSR count). The molecule has 0 aromatic heterocycles. The molecule has 0 aliphatic heterocycles. The number of benzene rings is 1. The monoisotopic (exact) mass is 408 g/mol. The normalized spacial score (nSPS) is 20.2. The van der Waals surface area contributed by atoms with Crippen LogP contribution in [0.5, 0.6) is 5.75 Å². The fourth-order valence-electron chi connectivity index (χ4n) is 3.61. The van der Waals surface area contributed by atoms with E-state index in [4.69, 9.17) is 25.9 Å². The third-order valence-electron chi connectivity index (χ3n) is 5.37. The summed E-state index contributed by atoms with van der Waals surface area (Å²) >= 11 is 0. The second-order valence-corrected chi connectivity index (χ2v) is 7.60. The molecule has 160 valence electrons. The molecule has 0 unspecified atom stereocenters. The van der Waals surface area contributed by atoms with Crippen molar-refractivity contribution >= 4 is 23.7 Å². The Morgan fingerprint density at radius 2 is 2.03 bits per heavy atom. The van der Waals surface area contributed by atoms with Gasteiger partial charge in [0.25, 0.3) is 0 Å². The van der Waals surface area contributed by atoms with Gasteiger partial charge in [0.2, 0.25) is 0 Å². The minimum Gasteiger partial charge on any atom is -0.496 e. The molecular weight excluding hydrogens is 376 g/mol. The van der Waals surface area contributed by atoms with Crippen LogP contribution in [0.4, 0.5) is 5.69 Å². The third kappa shape index (κ3) is 7.07. The number of methoxy groups -OCH3 is 1. The topological polar surface area (TPSA) is 104 Å². The fraction of sp³-hybridized carbons (Fsp3) is 0.458. The van der Waals surface area contributed by atoms with Crippen LogP contribution in [-0.2, 0) is 0 Å². The van der Waals surface area contributed by atoms with Crippen molar-refractivity contribution in [2.75, 3.05) is 12.8 Å². The molecule has 1 aromatic carbocycles. The van der Waals surface area contributed by atoms with E-state index in [1.807, 2.05) is 43.5 Å². The number of aliphatic imine (C=N–C) groups is 1. The van der Waals surface area contributed by atoms with Gasteiger partial charge in [0, 0.05) is 41.6 Å². The average molecular weight is 409 g/mol. The summed E-state index contributed by atoms with van der Waals surface area (Å²) in [4.78, 5) is 4.75. The van der Waals surface area contributed by atoms with Crippen molar-refractivity contribution < 1.29 is 9.94 Å². The number of rotatable bonds is 9. The Morgan fingerprint density at radius 1 is 1.27 bits per heavy atom. The summed E-state index contributed by atoms with van der Waals surface area (Å²) in [6.45, 7) is 2.04. The number of anilines is 1. The predicted molar refractivity (Wildman–Crippen MR) is 123 cm³/mol. The maximum absolute atomic E-state index is 8.98. The van der Waals surface area contributed by atoms with Crippen molar-refractivity contribution in [1.82, 2.24) is 0 Å². The molecule has 0 heterocycles. The van der Waals surface area contributed by atoms with E-state index >= 15 is 0 Å². The maximum atomic E-state index is 8.98. The molecule has 0 radical (unpaired) electrons. The first kappa shape index (κ1) is 23.2. The molecule has 0 atom stereocenters. The van der Waals surface area contributed by atoms with Crippen LogP contribution in [0.15, 0.2) is 40.5 Å². The van der Waals surface area contributed by atoms with Crippen molar-refractivity contribution in [3.63, 3.8) is 0 Å².